The van der Waals surface area contributed by atoms with E-state index in [0.717, 1.165) is 62.5 Å². The molecule has 2 N–H and O–H groups in total. The molecule has 2 aromatic carbocycles. The topological polar surface area (TPSA) is 88.0 Å². The quantitative estimate of drug-likeness (QED) is 0.335. The number of thioether (sulfide) groups is 1. The Bertz CT molecular complexity index is 1450. The molecule has 5 rings (SSSR count). The second-order valence-electron chi connectivity index (χ2n) is 8.55. The van der Waals surface area contributed by atoms with Crippen LogP contribution < -0.4 is 5.32 Å². The SMILES string of the molecule is CSCCC(NC(=O)CCc1c(C)nc2c3ccccc3nn2c1C)c1nc2ccccc2[nH]1. The van der Waals surface area contributed by atoms with Crippen LogP contribution in [0, 0.1) is 13.8 Å². The fourth-order valence-corrected chi connectivity index (χ4v) is 4.97. The molecule has 0 bridgehead atoms. The van der Waals surface area contributed by atoms with Gasteiger partial charge in [0.15, 0.2) is 5.65 Å². The van der Waals surface area contributed by atoms with Gasteiger partial charge in [-0.05, 0) is 68.5 Å². The van der Waals surface area contributed by atoms with Crippen LogP contribution in [0.5, 0.6) is 0 Å². The summed E-state index contributed by atoms with van der Waals surface area (Å²) in [5.74, 6) is 1.76. The van der Waals surface area contributed by atoms with E-state index < -0.39 is 0 Å². The van der Waals surface area contributed by atoms with Crippen LogP contribution in [0.15, 0.2) is 48.5 Å². The number of hydrogen-bond acceptors (Lipinski definition) is 5. The third kappa shape index (κ3) is 4.25. The molecule has 0 saturated carbocycles. The third-order valence-electron chi connectivity index (χ3n) is 6.30. The lowest BCUT2D eigenvalue weighted by Gasteiger charge is -2.17. The first-order valence-electron chi connectivity index (χ1n) is 11.5. The standard InChI is InChI=1S/C26H28N6OS/c1-16-18(17(2)32-26(27-16)19-8-4-5-9-20(19)31-32)12-13-24(33)28-23(14-15-34-3)25-29-21-10-6-7-11-22(21)30-25/h4-11,23H,12-15H2,1-3H3,(H,28,33)(H,29,30). The Morgan fingerprint density at radius 3 is 2.65 bits per heavy atom. The summed E-state index contributed by atoms with van der Waals surface area (Å²) in [6.07, 6.45) is 3.88. The van der Waals surface area contributed by atoms with Gasteiger partial charge in [-0.25, -0.2) is 14.5 Å². The van der Waals surface area contributed by atoms with Gasteiger partial charge >= 0.3 is 0 Å². The van der Waals surface area contributed by atoms with Gasteiger partial charge < -0.3 is 10.3 Å². The highest BCUT2D eigenvalue weighted by Crippen LogP contribution is 2.24. The van der Waals surface area contributed by atoms with E-state index in [4.69, 9.17) is 15.1 Å². The van der Waals surface area contributed by atoms with E-state index in [2.05, 4.69) is 23.5 Å². The number of benzene rings is 2. The molecule has 0 spiro atoms. The molecule has 0 aliphatic heterocycles. The minimum atomic E-state index is -0.147. The predicted octanol–water partition coefficient (Wildman–Crippen LogP) is 4.92. The first-order chi connectivity index (χ1) is 16.5. The normalized spacial score (nSPS) is 12.6. The van der Waals surface area contributed by atoms with Gasteiger partial charge in [0, 0.05) is 23.2 Å². The van der Waals surface area contributed by atoms with Crippen LogP contribution in [0.25, 0.3) is 27.6 Å². The van der Waals surface area contributed by atoms with Crippen LogP contribution in [-0.4, -0.2) is 42.5 Å². The van der Waals surface area contributed by atoms with Crippen molar-refractivity contribution in [2.75, 3.05) is 12.0 Å². The molecule has 1 atom stereocenters. The van der Waals surface area contributed by atoms with Gasteiger partial charge in [-0.2, -0.15) is 16.9 Å². The van der Waals surface area contributed by atoms with Gasteiger partial charge in [0.25, 0.3) is 0 Å². The van der Waals surface area contributed by atoms with Gasteiger partial charge in [0.1, 0.15) is 5.82 Å². The van der Waals surface area contributed by atoms with Gasteiger partial charge in [-0.15, -0.1) is 0 Å². The summed E-state index contributed by atoms with van der Waals surface area (Å²) in [6, 6.07) is 15.8. The molecular weight excluding hydrogens is 444 g/mol. The van der Waals surface area contributed by atoms with Crippen LogP contribution in [0.2, 0.25) is 0 Å². The van der Waals surface area contributed by atoms with Crippen molar-refractivity contribution in [1.29, 1.82) is 0 Å². The largest absolute Gasteiger partial charge is 0.346 e. The zero-order valence-corrected chi connectivity index (χ0v) is 20.4. The fourth-order valence-electron chi connectivity index (χ4n) is 4.49. The summed E-state index contributed by atoms with van der Waals surface area (Å²) < 4.78 is 1.90. The average molecular weight is 473 g/mol. The molecule has 0 radical (unpaired) electrons. The van der Waals surface area contributed by atoms with E-state index in [0.29, 0.717) is 12.8 Å². The number of H-pyrrole nitrogens is 1. The Morgan fingerprint density at radius 2 is 1.85 bits per heavy atom. The van der Waals surface area contributed by atoms with Crippen molar-refractivity contribution >= 4 is 45.3 Å². The highest BCUT2D eigenvalue weighted by molar-refractivity contribution is 7.98. The number of para-hydroxylation sites is 2. The number of hydrogen-bond donors (Lipinski definition) is 2. The van der Waals surface area contributed by atoms with Crippen molar-refractivity contribution in [3.05, 3.63) is 71.3 Å². The lowest BCUT2D eigenvalue weighted by Crippen LogP contribution is -2.30. The van der Waals surface area contributed by atoms with Crippen molar-refractivity contribution in [2.45, 2.75) is 39.2 Å². The van der Waals surface area contributed by atoms with Crippen molar-refractivity contribution in [3.8, 4) is 0 Å². The maximum atomic E-state index is 13.0. The van der Waals surface area contributed by atoms with E-state index >= 15 is 0 Å². The zero-order chi connectivity index (χ0) is 23.7. The Balaban J connectivity index is 1.34. The molecule has 3 heterocycles. The highest BCUT2D eigenvalue weighted by atomic mass is 32.2. The van der Waals surface area contributed by atoms with Gasteiger partial charge in [-0.1, -0.05) is 24.3 Å². The Morgan fingerprint density at radius 1 is 1.09 bits per heavy atom. The van der Waals surface area contributed by atoms with Crippen molar-refractivity contribution in [2.24, 2.45) is 0 Å². The molecule has 7 nitrogen and oxygen atoms in total. The minimum Gasteiger partial charge on any atom is -0.346 e. The molecular formula is C26H28N6OS. The molecule has 8 heteroatoms. The van der Waals surface area contributed by atoms with Crippen LogP contribution >= 0.6 is 11.8 Å². The predicted molar refractivity (Wildman–Crippen MR) is 138 cm³/mol. The summed E-state index contributed by atoms with van der Waals surface area (Å²) in [4.78, 5) is 25.9. The Kier molecular flexibility index (Phi) is 6.24. The smallest absolute Gasteiger partial charge is 0.220 e. The van der Waals surface area contributed by atoms with Crippen molar-refractivity contribution < 1.29 is 4.79 Å². The number of fused-ring (bicyclic) bond motifs is 4. The highest BCUT2D eigenvalue weighted by Gasteiger charge is 2.20. The van der Waals surface area contributed by atoms with Crippen LogP contribution in [-0.2, 0) is 11.2 Å². The van der Waals surface area contributed by atoms with Gasteiger partial charge in [0.2, 0.25) is 5.91 Å². The van der Waals surface area contributed by atoms with Crippen molar-refractivity contribution in [1.82, 2.24) is 29.9 Å². The van der Waals surface area contributed by atoms with E-state index in [1.54, 1.807) is 11.8 Å². The number of carbonyl (C=O) groups excluding carboxylic acids is 1. The number of nitrogens with one attached hydrogen (secondary N) is 2. The minimum absolute atomic E-state index is 0.0103. The summed E-state index contributed by atoms with van der Waals surface area (Å²) >= 11 is 1.76. The second kappa shape index (κ2) is 9.46. The monoisotopic (exact) mass is 472 g/mol. The molecule has 0 fully saturated rings. The van der Waals surface area contributed by atoms with E-state index in [1.165, 1.54) is 0 Å². The lowest BCUT2D eigenvalue weighted by molar-refractivity contribution is -0.121. The maximum absolute atomic E-state index is 13.0. The molecule has 0 aliphatic rings. The molecule has 174 valence electrons. The molecule has 0 saturated heterocycles. The van der Waals surface area contributed by atoms with Crippen LogP contribution in [0.3, 0.4) is 0 Å². The number of nitrogens with zero attached hydrogens (tertiary/aromatic N) is 4. The van der Waals surface area contributed by atoms with Gasteiger partial charge in [-0.3, -0.25) is 4.79 Å². The molecule has 34 heavy (non-hydrogen) atoms. The maximum Gasteiger partial charge on any atom is 0.220 e. The summed E-state index contributed by atoms with van der Waals surface area (Å²) in [5, 5.41) is 8.98. The third-order valence-corrected chi connectivity index (χ3v) is 6.95. The lowest BCUT2D eigenvalue weighted by atomic mass is 10.1. The zero-order valence-electron chi connectivity index (χ0n) is 19.6. The number of imidazole rings is 1. The first kappa shape index (κ1) is 22.4. The van der Waals surface area contributed by atoms with E-state index in [9.17, 15) is 4.79 Å². The number of aromatic amines is 1. The fraction of sp³-hybridized carbons (Fsp3) is 0.308. The van der Waals surface area contributed by atoms with Crippen LogP contribution in [0.4, 0.5) is 0 Å². The average Bonchev–Trinajstić information content (AvgIpc) is 3.43. The Labute approximate surface area is 202 Å². The number of aromatic nitrogens is 5. The molecule has 3 aromatic heterocycles. The van der Waals surface area contributed by atoms with E-state index in [-0.39, 0.29) is 11.9 Å². The number of aryl methyl sites for hydroxylation is 2. The van der Waals surface area contributed by atoms with Crippen molar-refractivity contribution in [3.63, 3.8) is 0 Å². The molecule has 0 aliphatic carbocycles. The summed E-state index contributed by atoms with van der Waals surface area (Å²) in [5.41, 5.74) is 6.73. The summed E-state index contributed by atoms with van der Waals surface area (Å²) in [6.45, 7) is 4.06. The van der Waals surface area contributed by atoms with Crippen LogP contribution in [0.1, 0.15) is 41.7 Å². The molecule has 1 unspecified atom stereocenters. The molecule has 5 aromatic rings. The number of carbonyl (C=O) groups is 1. The molecule has 1 amide bonds. The van der Waals surface area contributed by atoms with E-state index in [1.807, 2.05) is 60.0 Å². The second-order valence-corrected chi connectivity index (χ2v) is 9.54. The van der Waals surface area contributed by atoms with Gasteiger partial charge in [0.05, 0.1) is 22.6 Å². The summed E-state index contributed by atoms with van der Waals surface area (Å²) in [7, 11) is 0. The Hall–Kier alpha value is -3.39. The first-order valence-corrected chi connectivity index (χ1v) is 12.9. The number of rotatable bonds is 8. The number of amides is 1.